The quantitative estimate of drug-likeness (QED) is 0.917. The third-order valence-corrected chi connectivity index (χ3v) is 3.30. The molecular formula is C13H13F3O3. The SMILES string of the molecule is O=C(O)C1(Oc2ccc(C(F)(F)F)cc2)CCCC1. The Hall–Kier alpha value is -1.72. The van der Waals surface area contributed by atoms with E-state index in [1.54, 1.807) is 0 Å². The summed E-state index contributed by atoms with van der Waals surface area (Å²) in [6.45, 7) is 0. The van der Waals surface area contributed by atoms with Gasteiger partial charge in [0.05, 0.1) is 5.56 Å². The van der Waals surface area contributed by atoms with Crippen molar-refractivity contribution in [1.29, 1.82) is 0 Å². The first-order chi connectivity index (χ1) is 8.83. The van der Waals surface area contributed by atoms with E-state index >= 15 is 0 Å². The Morgan fingerprint density at radius 1 is 1.16 bits per heavy atom. The second kappa shape index (κ2) is 4.75. The van der Waals surface area contributed by atoms with Crippen LogP contribution in [0.1, 0.15) is 31.2 Å². The number of ether oxygens (including phenoxy) is 1. The average Bonchev–Trinajstić information content (AvgIpc) is 2.78. The van der Waals surface area contributed by atoms with Crippen molar-refractivity contribution in [2.24, 2.45) is 0 Å². The van der Waals surface area contributed by atoms with Crippen LogP contribution in [0.5, 0.6) is 5.75 Å². The number of rotatable bonds is 3. The van der Waals surface area contributed by atoms with Crippen LogP contribution >= 0.6 is 0 Å². The van der Waals surface area contributed by atoms with Crippen molar-refractivity contribution in [2.45, 2.75) is 37.5 Å². The lowest BCUT2D eigenvalue weighted by molar-refractivity contribution is -0.154. The number of carboxylic acids is 1. The Balaban J connectivity index is 2.17. The van der Waals surface area contributed by atoms with Crippen LogP contribution < -0.4 is 4.74 Å². The van der Waals surface area contributed by atoms with Crippen molar-refractivity contribution in [3.63, 3.8) is 0 Å². The average molecular weight is 274 g/mol. The molecule has 0 amide bonds. The summed E-state index contributed by atoms with van der Waals surface area (Å²) >= 11 is 0. The van der Waals surface area contributed by atoms with Gasteiger partial charge in [-0.3, -0.25) is 0 Å². The molecule has 1 aliphatic carbocycles. The molecule has 1 N–H and O–H groups in total. The van der Waals surface area contributed by atoms with Gasteiger partial charge in [0.2, 0.25) is 5.60 Å². The molecule has 0 heterocycles. The number of alkyl halides is 3. The fourth-order valence-corrected chi connectivity index (χ4v) is 2.24. The lowest BCUT2D eigenvalue weighted by atomic mass is 10.0. The summed E-state index contributed by atoms with van der Waals surface area (Å²) in [7, 11) is 0. The molecular weight excluding hydrogens is 261 g/mol. The third kappa shape index (κ3) is 2.83. The largest absolute Gasteiger partial charge is 0.478 e. The zero-order chi connectivity index (χ0) is 14.1. The van der Waals surface area contributed by atoms with E-state index in [-0.39, 0.29) is 5.75 Å². The first kappa shape index (κ1) is 13.7. The maximum Gasteiger partial charge on any atom is 0.416 e. The Labute approximate surface area is 108 Å². The minimum absolute atomic E-state index is 0.150. The maximum absolute atomic E-state index is 12.4. The van der Waals surface area contributed by atoms with Gasteiger partial charge < -0.3 is 9.84 Å². The van der Waals surface area contributed by atoms with Gasteiger partial charge in [-0.05, 0) is 49.9 Å². The van der Waals surface area contributed by atoms with Crippen LogP contribution in [0.3, 0.4) is 0 Å². The number of hydrogen-bond acceptors (Lipinski definition) is 2. The molecule has 3 nitrogen and oxygen atoms in total. The van der Waals surface area contributed by atoms with Crippen molar-refractivity contribution in [1.82, 2.24) is 0 Å². The minimum atomic E-state index is -4.41. The zero-order valence-electron chi connectivity index (χ0n) is 10.0. The number of halogens is 3. The number of carboxylic acid groups (broad SMARTS) is 1. The van der Waals surface area contributed by atoms with E-state index in [0.29, 0.717) is 12.8 Å². The summed E-state index contributed by atoms with van der Waals surface area (Å²) in [5, 5.41) is 9.20. The predicted octanol–water partition coefficient (Wildman–Crippen LogP) is 3.48. The van der Waals surface area contributed by atoms with Crippen LogP contribution in [0, 0.1) is 0 Å². The monoisotopic (exact) mass is 274 g/mol. The third-order valence-electron chi connectivity index (χ3n) is 3.30. The van der Waals surface area contributed by atoms with Crippen LogP contribution in [0.25, 0.3) is 0 Å². The molecule has 104 valence electrons. The van der Waals surface area contributed by atoms with Crippen molar-refractivity contribution in [2.75, 3.05) is 0 Å². The van der Waals surface area contributed by atoms with Crippen molar-refractivity contribution in [3.05, 3.63) is 29.8 Å². The van der Waals surface area contributed by atoms with Gasteiger partial charge >= 0.3 is 12.1 Å². The Kier molecular flexibility index (Phi) is 3.43. The molecule has 1 aliphatic rings. The lowest BCUT2D eigenvalue weighted by Gasteiger charge is -2.25. The first-order valence-electron chi connectivity index (χ1n) is 5.93. The molecule has 1 saturated carbocycles. The van der Waals surface area contributed by atoms with E-state index in [0.717, 1.165) is 37.1 Å². The molecule has 0 aromatic heterocycles. The number of carbonyl (C=O) groups is 1. The van der Waals surface area contributed by atoms with Gasteiger partial charge in [0.15, 0.2) is 0 Å². The summed E-state index contributed by atoms with van der Waals surface area (Å²) in [6.07, 6.45) is -2.16. The van der Waals surface area contributed by atoms with Crippen molar-refractivity contribution >= 4 is 5.97 Å². The van der Waals surface area contributed by atoms with Gasteiger partial charge in [0, 0.05) is 0 Å². The molecule has 6 heteroatoms. The number of benzene rings is 1. The topological polar surface area (TPSA) is 46.5 Å². The van der Waals surface area contributed by atoms with Gasteiger partial charge in [-0.2, -0.15) is 13.2 Å². The van der Waals surface area contributed by atoms with Gasteiger partial charge in [-0.25, -0.2) is 4.79 Å². The Bertz CT molecular complexity index is 459. The minimum Gasteiger partial charge on any atom is -0.478 e. The zero-order valence-corrected chi connectivity index (χ0v) is 10.0. The highest BCUT2D eigenvalue weighted by Crippen LogP contribution is 2.36. The Morgan fingerprint density at radius 3 is 2.11 bits per heavy atom. The van der Waals surface area contributed by atoms with Crippen LogP contribution in [0.2, 0.25) is 0 Å². The maximum atomic E-state index is 12.4. The van der Waals surface area contributed by atoms with Gasteiger partial charge in [0.25, 0.3) is 0 Å². The molecule has 1 aromatic rings. The number of aliphatic carboxylic acids is 1. The van der Waals surface area contributed by atoms with E-state index in [9.17, 15) is 23.1 Å². The predicted molar refractivity (Wildman–Crippen MR) is 60.9 cm³/mol. The number of hydrogen-bond donors (Lipinski definition) is 1. The summed E-state index contributed by atoms with van der Waals surface area (Å²) in [5.41, 5.74) is -2.07. The highest BCUT2D eigenvalue weighted by Gasteiger charge is 2.44. The van der Waals surface area contributed by atoms with Crippen LogP contribution in [0.4, 0.5) is 13.2 Å². The molecule has 0 unspecified atom stereocenters. The van der Waals surface area contributed by atoms with Crippen LogP contribution in [-0.4, -0.2) is 16.7 Å². The normalized spacial score (nSPS) is 18.3. The van der Waals surface area contributed by atoms with Gasteiger partial charge in [-0.15, -0.1) is 0 Å². The van der Waals surface area contributed by atoms with E-state index in [2.05, 4.69) is 0 Å². The summed E-state index contributed by atoms with van der Waals surface area (Å²) in [5.74, 6) is -0.915. The molecule has 0 saturated heterocycles. The molecule has 19 heavy (non-hydrogen) atoms. The standard InChI is InChI=1S/C13H13F3O3/c14-13(15,16)9-3-5-10(6-4-9)19-12(11(17)18)7-1-2-8-12/h3-6H,1-2,7-8H2,(H,17,18). The second-order valence-electron chi connectivity index (χ2n) is 4.63. The highest BCUT2D eigenvalue weighted by atomic mass is 19.4. The van der Waals surface area contributed by atoms with E-state index < -0.39 is 23.3 Å². The van der Waals surface area contributed by atoms with Crippen LogP contribution in [0.15, 0.2) is 24.3 Å². The molecule has 0 bridgehead atoms. The van der Waals surface area contributed by atoms with Crippen molar-refractivity contribution < 1.29 is 27.8 Å². The van der Waals surface area contributed by atoms with Gasteiger partial charge in [0.1, 0.15) is 5.75 Å². The lowest BCUT2D eigenvalue weighted by Crippen LogP contribution is -2.41. The fraction of sp³-hybridized carbons (Fsp3) is 0.462. The fourth-order valence-electron chi connectivity index (χ4n) is 2.24. The van der Waals surface area contributed by atoms with E-state index in [4.69, 9.17) is 4.74 Å². The smallest absolute Gasteiger partial charge is 0.416 e. The molecule has 0 atom stereocenters. The highest BCUT2D eigenvalue weighted by molar-refractivity contribution is 5.78. The molecule has 1 fully saturated rings. The molecule has 0 radical (unpaired) electrons. The van der Waals surface area contributed by atoms with Crippen molar-refractivity contribution in [3.8, 4) is 5.75 Å². The summed E-state index contributed by atoms with van der Waals surface area (Å²) in [6, 6.07) is 4.09. The van der Waals surface area contributed by atoms with Crippen LogP contribution in [-0.2, 0) is 11.0 Å². The molecule has 2 rings (SSSR count). The van der Waals surface area contributed by atoms with Gasteiger partial charge in [-0.1, -0.05) is 0 Å². The molecule has 0 spiro atoms. The van der Waals surface area contributed by atoms with E-state index in [1.807, 2.05) is 0 Å². The summed E-state index contributed by atoms with van der Waals surface area (Å²) in [4.78, 5) is 11.2. The second-order valence-corrected chi connectivity index (χ2v) is 4.63. The van der Waals surface area contributed by atoms with E-state index in [1.165, 1.54) is 0 Å². The molecule has 1 aromatic carbocycles. The molecule has 0 aliphatic heterocycles. The first-order valence-corrected chi connectivity index (χ1v) is 5.93. The Morgan fingerprint density at radius 2 is 1.68 bits per heavy atom. The summed E-state index contributed by atoms with van der Waals surface area (Å²) < 4.78 is 42.6.